The van der Waals surface area contributed by atoms with Crippen LogP contribution in [0.1, 0.15) is 11.1 Å². The second-order valence-corrected chi connectivity index (χ2v) is 6.55. The van der Waals surface area contributed by atoms with E-state index in [1.807, 2.05) is 0 Å². The number of carbonyl (C=O) groups is 1. The Bertz CT molecular complexity index is 1270. The van der Waals surface area contributed by atoms with E-state index in [1.165, 1.54) is 18.2 Å². The summed E-state index contributed by atoms with van der Waals surface area (Å²) < 4.78 is 54.2. The molecule has 1 aromatic carbocycles. The molecule has 1 aliphatic heterocycles. The van der Waals surface area contributed by atoms with E-state index in [1.54, 1.807) is 16.5 Å². The second-order valence-electron chi connectivity index (χ2n) is 6.55. The zero-order valence-corrected chi connectivity index (χ0v) is 14.4. The van der Waals surface area contributed by atoms with Crippen LogP contribution in [0.5, 0.6) is 0 Å². The minimum absolute atomic E-state index is 0.0577. The number of fused-ring (bicyclic) bond motifs is 2. The van der Waals surface area contributed by atoms with E-state index >= 15 is 0 Å². The van der Waals surface area contributed by atoms with E-state index in [2.05, 4.69) is 4.98 Å². The lowest BCUT2D eigenvalue weighted by Crippen LogP contribution is -2.50. The number of nitrogens with one attached hydrogen (secondary N) is 3. The molecule has 4 N–H and O–H groups in total. The van der Waals surface area contributed by atoms with Crippen molar-refractivity contribution in [3.8, 4) is 0 Å². The standard InChI is InChI=1S/C17H12F4N4O4/c18-8-1-2-10-9(5-8)7(6-22-10)3-4-25-12-11(13(26)24-15(25)28)16(29,14(27)23-12)17(19,20)21/h1-2,5-6,22,29H,3-4H2,(H,23,27)(H,24,26,28). The zero-order chi connectivity index (χ0) is 21.1. The van der Waals surface area contributed by atoms with Crippen LogP contribution in [0.2, 0.25) is 0 Å². The lowest BCUT2D eigenvalue weighted by molar-refractivity contribution is -0.252. The molecule has 12 heteroatoms. The lowest BCUT2D eigenvalue weighted by atomic mass is 9.97. The summed E-state index contributed by atoms with van der Waals surface area (Å²) in [7, 11) is 0. The Balaban J connectivity index is 1.79. The van der Waals surface area contributed by atoms with Gasteiger partial charge < -0.3 is 15.4 Å². The van der Waals surface area contributed by atoms with Crippen molar-refractivity contribution < 1.29 is 27.5 Å². The molecule has 8 nitrogen and oxygen atoms in total. The van der Waals surface area contributed by atoms with Gasteiger partial charge in [-0.1, -0.05) is 0 Å². The van der Waals surface area contributed by atoms with Crippen LogP contribution >= 0.6 is 0 Å². The summed E-state index contributed by atoms with van der Waals surface area (Å²) in [6, 6.07) is 4.00. The third-order valence-electron chi connectivity index (χ3n) is 4.87. The number of hydrogen-bond donors (Lipinski definition) is 4. The van der Waals surface area contributed by atoms with Crippen LogP contribution in [0.25, 0.3) is 10.9 Å². The number of rotatable bonds is 3. The van der Waals surface area contributed by atoms with Crippen molar-refractivity contribution in [2.45, 2.75) is 24.7 Å². The predicted molar refractivity (Wildman–Crippen MR) is 91.9 cm³/mol. The normalized spacial score (nSPS) is 18.9. The zero-order valence-electron chi connectivity index (χ0n) is 14.4. The van der Waals surface area contributed by atoms with Crippen molar-refractivity contribution in [1.29, 1.82) is 0 Å². The molecule has 0 saturated heterocycles. The Morgan fingerprint density at radius 1 is 1.17 bits per heavy atom. The molecule has 1 amide bonds. The second kappa shape index (κ2) is 6.04. The van der Waals surface area contributed by atoms with Gasteiger partial charge in [-0.25, -0.2) is 9.18 Å². The SMILES string of the molecule is O=C1Nc2c(c(=O)[nH]c(=O)n2CCc2c[nH]c3ccc(F)cc23)C1(O)C(F)(F)F. The highest BCUT2D eigenvalue weighted by Gasteiger charge is 2.66. The first-order valence-corrected chi connectivity index (χ1v) is 8.27. The summed E-state index contributed by atoms with van der Waals surface area (Å²) in [4.78, 5) is 40.6. The van der Waals surface area contributed by atoms with Gasteiger partial charge in [0.05, 0.1) is 0 Å². The Morgan fingerprint density at radius 3 is 2.59 bits per heavy atom. The van der Waals surface area contributed by atoms with Crippen molar-refractivity contribution in [3.63, 3.8) is 0 Å². The molecule has 4 rings (SSSR count). The maximum atomic E-state index is 13.5. The molecule has 1 unspecified atom stereocenters. The van der Waals surface area contributed by atoms with Crippen molar-refractivity contribution in [3.05, 3.63) is 62.2 Å². The number of anilines is 1. The molecule has 0 fully saturated rings. The topological polar surface area (TPSA) is 120 Å². The van der Waals surface area contributed by atoms with Crippen molar-refractivity contribution >= 4 is 22.6 Å². The average Bonchev–Trinajstić information content (AvgIpc) is 3.14. The van der Waals surface area contributed by atoms with Crippen LogP contribution in [-0.4, -0.2) is 31.7 Å². The molecule has 0 saturated carbocycles. The van der Waals surface area contributed by atoms with Crippen LogP contribution < -0.4 is 16.6 Å². The van der Waals surface area contributed by atoms with E-state index in [4.69, 9.17) is 0 Å². The molecule has 2 aromatic heterocycles. The van der Waals surface area contributed by atoms with Crippen molar-refractivity contribution in [2.75, 3.05) is 5.32 Å². The molecule has 29 heavy (non-hydrogen) atoms. The minimum atomic E-state index is -5.48. The number of H-pyrrole nitrogens is 2. The highest BCUT2D eigenvalue weighted by atomic mass is 19.4. The maximum absolute atomic E-state index is 13.5. The van der Waals surface area contributed by atoms with Gasteiger partial charge in [0.2, 0.25) is 0 Å². The molecule has 3 heterocycles. The molecule has 0 bridgehead atoms. The number of benzene rings is 1. The first-order valence-electron chi connectivity index (χ1n) is 8.27. The van der Waals surface area contributed by atoms with Crippen molar-refractivity contribution in [1.82, 2.24) is 14.5 Å². The molecule has 0 aliphatic carbocycles. The van der Waals surface area contributed by atoms with Gasteiger partial charge in [-0.2, -0.15) is 13.2 Å². The monoisotopic (exact) mass is 412 g/mol. The van der Waals surface area contributed by atoms with E-state index in [9.17, 15) is 37.1 Å². The quantitative estimate of drug-likeness (QED) is 0.482. The van der Waals surface area contributed by atoms with Gasteiger partial charge in [0.25, 0.3) is 17.1 Å². The van der Waals surface area contributed by atoms with Gasteiger partial charge in [-0.3, -0.25) is 19.1 Å². The fourth-order valence-corrected chi connectivity index (χ4v) is 3.42. The lowest BCUT2D eigenvalue weighted by Gasteiger charge is -2.22. The summed E-state index contributed by atoms with van der Waals surface area (Å²) >= 11 is 0. The molecule has 1 aliphatic rings. The molecule has 0 spiro atoms. The number of aryl methyl sites for hydroxylation is 1. The van der Waals surface area contributed by atoms with E-state index < -0.39 is 46.1 Å². The third kappa shape index (κ3) is 2.67. The largest absolute Gasteiger partial charge is 0.431 e. The number of amides is 1. The third-order valence-corrected chi connectivity index (χ3v) is 4.87. The van der Waals surface area contributed by atoms with Gasteiger partial charge in [-0.15, -0.1) is 0 Å². The predicted octanol–water partition coefficient (Wildman–Crippen LogP) is 1.10. The Hall–Kier alpha value is -3.41. The number of halogens is 4. The Labute approximate surface area is 157 Å². The van der Waals surface area contributed by atoms with Crippen LogP contribution in [0.15, 0.2) is 34.0 Å². The number of aromatic nitrogens is 3. The van der Waals surface area contributed by atoms with Gasteiger partial charge in [0.15, 0.2) is 0 Å². The van der Waals surface area contributed by atoms with Gasteiger partial charge in [0.1, 0.15) is 17.2 Å². The van der Waals surface area contributed by atoms with Gasteiger partial charge in [-0.05, 0) is 30.2 Å². The molecular formula is C17H12F4N4O4. The number of hydrogen-bond acceptors (Lipinski definition) is 4. The maximum Gasteiger partial charge on any atom is 0.431 e. The number of alkyl halides is 3. The summed E-state index contributed by atoms with van der Waals surface area (Å²) in [5.41, 5.74) is -6.78. The summed E-state index contributed by atoms with van der Waals surface area (Å²) in [5.74, 6) is -3.10. The summed E-state index contributed by atoms with van der Waals surface area (Å²) in [5, 5.41) is 12.2. The van der Waals surface area contributed by atoms with E-state index in [0.717, 1.165) is 4.57 Å². The molecule has 1 atom stereocenters. The van der Waals surface area contributed by atoms with Gasteiger partial charge >= 0.3 is 11.9 Å². The number of nitrogens with zero attached hydrogens (tertiary/aromatic N) is 1. The van der Waals surface area contributed by atoms with Gasteiger partial charge in [0, 0.05) is 23.6 Å². The van der Waals surface area contributed by atoms with E-state index in [0.29, 0.717) is 16.5 Å². The van der Waals surface area contributed by atoms with Crippen LogP contribution in [0, 0.1) is 5.82 Å². The highest BCUT2D eigenvalue weighted by molar-refractivity contribution is 6.04. The first-order chi connectivity index (χ1) is 13.5. The molecular weight excluding hydrogens is 400 g/mol. The number of aliphatic hydroxyl groups is 1. The number of aromatic amines is 2. The van der Waals surface area contributed by atoms with Crippen LogP contribution in [0.3, 0.4) is 0 Å². The Kier molecular flexibility index (Phi) is 3.94. The highest BCUT2D eigenvalue weighted by Crippen LogP contribution is 2.44. The smallest absolute Gasteiger partial charge is 0.368 e. The Morgan fingerprint density at radius 2 is 1.90 bits per heavy atom. The minimum Gasteiger partial charge on any atom is -0.368 e. The average molecular weight is 412 g/mol. The fraction of sp³-hybridized carbons (Fsp3) is 0.235. The summed E-state index contributed by atoms with van der Waals surface area (Å²) in [6.07, 6.45) is -3.88. The molecule has 152 valence electrons. The molecule has 3 aromatic rings. The fourth-order valence-electron chi connectivity index (χ4n) is 3.42. The number of carbonyl (C=O) groups excluding carboxylic acids is 1. The van der Waals surface area contributed by atoms with Crippen molar-refractivity contribution in [2.24, 2.45) is 0 Å². The van der Waals surface area contributed by atoms with Crippen LogP contribution in [0.4, 0.5) is 23.4 Å². The van der Waals surface area contributed by atoms with Crippen LogP contribution in [-0.2, 0) is 23.4 Å². The first kappa shape index (κ1) is 18.9. The molecule has 0 radical (unpaired) electrons. The summed E-state index contributed by atoms with van der Waals surface area (Å²) in [6.45, 7) is -0.254. The van der Waals surface area contributed by atoms with E-state index in [-0.39, 0.29) is 13.0 Å².